The van der Waals surface area contributed by atoms with E-state index in [9.17, 15) is 16.8 Å². The lowest BCUT2D eigenvalue weighted by molar-refractivity contribution is 0.581. The molecule has 4 rings (SSSR count). The van der Waals surface area contributed by atoms with E-state index < -0.39 is 20.0 Å². The first-order chi connectivity index (χ1) is 15.6. The molecule has 2 fully saturated rings. The van der Waals surface area contributed by atoms with Gasteiger partial charge in [-0.1, -0.05) is 35.4 Å². The molecule has 8 nitrogen and oxygen atoms in total. The summed E-state index contributed by atoms with van der Waals surface area (Å²) < 4.78 is 50.7. The molecule has 0 spiro atoms. The minimum atomic E-state index is -3.85. The number of hydrogen-bond donors (Lipinski definition) is 2. The van der Waals surface area contributed by atoms with Crippen LogP contribution < -0.4 is 9.66 Å². The van der Waals surface area contributed by atoms with E-state index in [4.69, 9.17) is 0 Å². The van der Waals surface area contributed by atoms with Gasteiger partial charge in [-0.05, 0) is 82.1 Å². The number of nitrogens with one attached hydrogen (secondary N) is 2. The van der Waals surface area contributed by atoms with Gasteiger partial charge in [0.15, 0.2) is 0 Å². The number of aryl methyl sites for hydroxylation is 2. The number of benzene rings is 2. The average molecular weight is 489 g/mol. The maximum atomic E-state index is 12.7. The Morgan fingerprint density at radius 3 is 1.39 bits per heavy atom. The molecule has 0 bridgehead atoms. The summed E-state index contributed by atoms with van der Waals surface area (Å²) >= 11 is 0. The van der Waals surface area contributed by atoms with Gasteiger partial charge in [-0.3, -0.25) is 0 Å². The minimum Gasteiger partial charge on any atom is -0.200 e. The molecule has 10 heteroatoms. The molecule has 0 unspecified atom stereocenters. The van der Waals surface area contributed by atoms with E-state index in [1.54, 1.807) is 24.3 Å². The summed E-state index contributed by atoms with van der Waals surface area (Å²) in [4.78, 5) is 4.85. The van der Waals surface area contributed by atoms with Crippen LogP contribution in [0.3, 0.4) is 0 Å². The van der Waals surface area contributed by atoms with E-state index in [-0.39, 0.29) is 9.79 Å². The molecule has 2 aromatic rings. The van der Waals surface area contributed by atoms with Crippen LogP contribution in [-0.4, -0.2) is 28.3 Å². The molecule has 33 heavy (non-hydrogen) atoms. The number of hydrogen-bond acceptors (Lipinski definition) is 6. The Morgan fingerprint density at radius 1 is 0.667 bits per heavy atom. The Hall–Kier alpha value is -2.72. The molecule has 0 radical (unpaired) electrons. The Bertz CT molecular complexity index is 1180. The van der Waals surface area contributed by atoms with Crippen molar-refractivity contribution in [2.24, 2.45) is 22.0 Å². The first kappa shape index (κ1) is 23.4. The molecule has 0 saturated heterocycles. The fourth-order valence-corrected chi connectivity index (χ4v) is 5.62. The predicted molar refractivity (Wildman–Crippen MR) is 128 cm³/mol. The highest BCUT2D eigenvalue weighted by Crippen LogP contribution is 2.46. The maximum absolute atomic E-state index is 12.7. The first-order valence-electron chi connectivity index (χ1n) is 10.9. The molecular formula is C23H28N4O4S2. The van der Waals surface area contributed by atoms with Crippen LogP contribution in [0.2, 0.25) is 0 Å². The van der Waals surface area contributed by atoms with Crippen LogP contribution in [-0.2, 0) is 20.0 Å². The summed E-state index contributed by atoms with van der Waals surface area (Å²) in [5.41, 5.74) is 2.83. The van der Waals surface area contributed by atoms with Gasteiger partial charge in [0.05, 0.1) is 21.2 Å². The highest BCUT2D eigenvalue weighted by atomic mass is 32.2. The quantitative estimate of drug-likeness (QED) is 0.605. The zero-order chi connectivity index (χ0) is 23.6. The molecule has 0 aliphatic heterocycles. The average Bonchev–Trinajstić information content (AvgIpc) is 3.51. The lowest BCUT2D eigenvalue weighted by Crippen LogP contribution is -2.28. The summed E-state index contributed by atoms with van der Waals surface area (Å²) in [6.45, 7) is 3.76. The zero-order valence-electron chi connectivity index (χ0n) is 18.7. The highest BCUT2D eigenvalue weighted by Gasteiger charge is 2.38. The molecule has 2 aliphatic carbocycles. The normalized spacial score (nSPS) is 23.5. The van der Waals surface area contributed by atoms with Gasteiger partial charge in [-0.2, -0.15) is 36.7 Å². The van der Waals surface area contributed by atoms with Gasteiger partial charge in [0.2, 0.25) is 0 Å². The monoisotopic (exact) mass is 488 g/mol. The smallest absolute Gasteiger partial charge is 0.200 e. The zero-order valence-corrected chi connectivity index (χ0v) is 20.3. The van der Waals surface area contributed by atoms with Gasteiger partial charge in [0.25, 0.3) is 20.0 Å². The summed E-state index contributed by atoms with van der Waals surface area (Å²) in [5.74, 6) is 1.24. The van der Waals surface area contributed by atoms with Crippen molar-refractivity contribution in [1.82, 2.24) is 9.66 Å². The van der Waals surface area contributed by atoms with Gasteiger partial charge in [-0.15, -0.1) is 0 Å². The molecule has 2 N–H and O–H groups in total. The van der Waals surface area contributed by atoms with Crippen molar-refractivity contribution >= 4 is 31.5 Å². The van der Waals surface area contributed by atoms with Crippen molar-refractivity contribution < 1.29 is 16.8 Å². The second-order valence-corrected chi connectivity index (χ2v) is 12.1. The van der Waals surface area contributed by atoms with Gasteiger partial charge < -0.3 is 0 Å². The molecule has 0 amide bonds. The van der Waals surface area contributed by atoms with Crippen LogP contribution in [0.15, 0.2) is 68.5 Å². The van der Waals surface area contributed by atoms with Crippen LogP contribution in [0, 0.1) is 25.7 Å². The third-order valence-corrected chi connectivity index (χ3v) is 8.62. The predicted octanol–water partition coefficient (Wildman–Crippen LogP) is 3.48. The van der Waals surface area contributed by atoms with Crippen LogP contribution in [0.1, 0.15) is 43.2 Å². The minimum absolute atomic E-state index is 0.115. The van der Waals surface area contributed by atoms with Crippen LogP contribution in [0.25, 0.3) is 0 Å². The van der Waals surface area contributed by atoms with E-state index in [1.165, 1.54) is 24.3 Å². The number of nitrogens with zero attached hydrogens (tertiary/aromatic N) is 2. The van der Waals surface area contributed by atoms with Crippen molar-refractivity contribution in [1.29, 1.82) is 0 Å². The first-order valence-corrected chi connectivity index (χ1v) is 13.9. The van der Waals surface area contributed by atoms with Gasteiger partial charge in [0.1, 0.15) is 0 Å². The SMILES string of the molecule is Cc1ccc(S(=O)(=O)N/N=C2/CC[C@@H]3C[C@@H]3CC/C2=N\NS(=O)(=O)c2ccc(C)cc2)cc1. The highest BCUT2D eigenvalue weighted by molar-refractivity contribution is 7.89. The number of rotatable bonds is 6. The van der Waals surface area contributed by atoms with Gasteiger partial charge in [0, 0.05) is 0 Å². The number of sulfonamides is 2. The third kappa shape index (κ3) is 5.80. The summed E-state index contributed by atoms with van der Waals surface area (Å²) in [7, 11) is -7.69. The van der Waals surface area contributed by atoms with E-state index in [0.29, 0.717) is 36.1 Å². The second kappa shape index (κ2) is 9.26. The Kier molecular flexibility index (Phi) is 6.58. The van der Waals surface area contributed by atoms with Crippen molar-refractivity contribution in [2.75, 3.05) is 0 Å². The van der Waals surface area contributed by atoms with Gasteiger partial charge in [-0.25, -0.2) is 0 Å². The molecule has 2 atom stereocenters. The molecule has 0 aromatic heterocycles. The van der Waals surface area contributed by atoms with Crippen molar-refractivity contribution in [3.8, 4) is 0 Å². The van der Waals surface area contributed by atoms with Crippen LogP contribution in [0.5, 0.6) is 0 Å². The fraction of sp³-hybridized carbons (Fsp3) is 0.391. The Morgan fingerprint density at radius 2 is 1.03 bits per heavy atom. The van der Waals surface area contributed by atoms with Crippen molar-refractivity contribution in [2.45, 2.75) is 55.7 Å². The molecule has 2 aromatic carbocycles. The topological polar surface area (TPSA) is 117 Å². The Labute approximate surface area is 195 Å². The van der Waals surface area contributed by atoms with Crippen molar-refractivity contribution in [3.05, 3.63) is 59.7 Å². The van der Waals surface area contributed by atoms with E-state index in [2.05, 4.69) is 19.9 Å². The van der Waals surface area contributed by atoms with Crippen LogP contribution in [0.4, 0.5) is 0 Å². The molecule has 2 saturated carbocycles. The molecule has 176 valence electrons. The summed E-state index contributed by atoms with van der Waals surface area (Å²) in [5, 5.41) is 8.38. The molecule has 0 heterocycles. The van der Waals surface area contributed by atoms with E-state index in [0.717, 1.165) is 30.4 Å². The lowest BCUT2D eigenvalue weighted by Gasteiger charge is -2.15. The van der Waals surface area contributed by atoms with Crippen LogP contribution >= 0.6 is 0 Å². The summed E-state index contributed by atoms with van der Waals surface area (Å²) in [6.07, 6.45) is 3.95. The largest absolute Gasteiger partial charge is 0.276 e. The number of fused-ring (bicyclic) bond motifs is 1. The summed E-state index contributed by atoms with van der Waals surface area (Å²) in [6, 6.07) is 13.0. The van der Waals surface area contributed by atoms with E-state index >= 15 is 0 Å². The third-order valence-electron chi connectivity index (χ3n) is 6.17. The second-order valence-electron chi connectivity index (χ2n) is 8.77. The van der Waals surface area contributed by atoms with E-state index in [1.807, 2.05) is 13.8 Å². The molecule has 2 aliphatic rings. The lowest BCUT2D eigenvalue weighted by atomic mass is 9.97. The fourth-order valence-electron chi connectivity index (χ4n) is 3.96. The maximum Gasteiger partial charge on any atom is 0.276 e. The molecular weight excluding hydrogens is 460 g/mol. The standard InChI is InChI=1S/C23H28N4O4S2/c1-16-3-9-20(10-4-16)32(28,29)26-24-22-13-7-18-15-19(18)8-14-23(22)25-27-33(30,31)21-11-5-17(2)6-12-21/h3-6,9-12,18-19,26-27H,7-8,13-15H2,1-2H3/b24-22-,25-23+/t18-,19+/m1/s1. The number of hydrazone groups is 2. The van der Waals surface area contributed by atoms with Gasteiger partial charge >= 0.3 is 0 Å². The van der Waals surface area contributed by atoms with Crippen molar-refractivity contribution in [3.63, 3.8) is 0 Å². The Balaban J connectivity index is 1.58.